The second kappa shape index (κ2) is 7.54. The van der Waals surface area contributed by atoms with Crippen LogP contribution in [0.5, 0.6) is 11.5 Å². The van der Waals surface area contributed by atoms with Gasteiger partial charge in [0.25, 0.3) is 0 Å². The Labute approximate surface area is 136 Å². The maximum Gasteiger partial charge on any atom is 0.221 e. The first-order valence-corrected chi connectivity index (χ1v) is 7.55. The number of benzene rings is 2. The number of methoxy groups -OCH3 is 1. The third-order valence-corrected chi connectivity index (χ3v) is 3.57. The zero-order valence-electron chi connectivity index (χ0n) is 13.6. The Hall–Kier alpha value is -2.69. The number of anilines is 2. The second-order valence-electron chi connectivity index (χ2n) is 5.26. The normalized spacial score (nSPS) is 11.6. The first kappa shape index (κ1) is 16.7. The van der Waals surface area contributed by atoms with E-state index in [0.29, 0.717) is 11.4 Å². The Kier molecular flexibility index (Phi) is 5.46. The summed E-state index contributed by atoms with van der Waals surface area (Å²) in [4.78, 5) is 11.1. The van der Waals surface area contributed by atoms with E-state index in [9.17, 15) is 9.90 Å². The van der Waals surface area contributed by atoms with Crippen LogP contribution in [0.15, 0.2) is 42.5 Å². The third kappa shape index (κ3) is 4.16. The van der Waals surface area contributed by atoms with Crippen molar-refractivity contribution in [1.82, 2.24) is 0 Å². The molecule has 5 nitrogen and oxygen atoms in total. The van der Waals surface area contributed by atoms with Gasteiger partial charge >= 0.3 is 0 Å². The maximum atomic E-state index is 11.1. The largest absolute Gasteiger partial charge is 0.508 e. The topological polar surface area (TPSA) is 70.6 Å². The van der Waals surface area contributed by atoms with Gasteiger partial charge in [-0.1, -0.05) is 25.1 Å². The van der Waals surface area contributed by atoms with Gasteiger partial charge in [-0.15, -0.1) is 0 Å². The molecular weight excluding hydrogens is 292 g/mol. The minimum absolute atomic E-state index is 0.0447. The molecule has 0 aliphatic heterocycles. The summed E-state index contributed by atoms with van der Waals surface area (Å²) in [6.45, 7) is 3.51. The van der Waals surface area contributed by atoms with Crippen LogP contribution < -0.4 is 15.4 Å². The van der Waals surface area contributed by atoms with E-state index in [-0.39, 0.29) is 17.7 Å². The number of para-hydroxylation sites is 1. The number of hydrogen-bond acceptors (Lipinski definition) is 4. The smallest absolute Gasteiger partial charge is 0.221 e. The predicted octanol–water partition coefficient (Wildman–Crippen LogP) is 3.92. The van der Waals surface area contributed by atoms with Gasteiger partial charge in [-0.05, 0) is 24.6 Å². The van der Waals surface area contributed by atoms with Crippen molar-refractivity contribution in [2.75, 3.05) is 17.7 Å². The minimum atomic E-state index is -0.131. The van der Waals surface area contributed by atoms with Crippen LogP contribution in [0.2, 0.25) is 0 Å². The molecular formula is C18H22N2O3. The molecule has 0 saturated heterocycles. The number of phenols is 1. The Morgan fingerprint density at radius 2 is 2.00 bits per heavy atom. The van der Waals surface area contributed by atoms with Crippen LogP contribution in [0, 0.1) is 0 Å². The molecule has 3 N–H and O–H groups in total. The fourth-order valence-electron chi connectivity index (χ4n) is 2.46. The average molecular weight is 314 g/mol. The van der Waals surface area contributed by atoms with Crippen LogP contribution >= 0.6 is 0 Å². The van der Waals surface area contributed by atoms with Crippen molar-refractivity contribution >= 4 is 17.3 Å². The zero-order valence-corrected chi connectivity index (χ0v) is 13.6. The van der Waals surface area contributed by atoms with E-state index in [4.69, 9.17) is 4.74 Å². The Morgan fingerprint density at radius 1 is 1.26 bits per heavy atom. The van der Waals surface area contributed by atoms with Gasteiger partial charge in [0.1, 0.15) is 11.5 Å². The first-order chi connectivity index (χ1) is 11.0. The van der Waals surface area contributed by atoms with Crippen molar-refractivity contribution in [1.29, 1.82) is 0 Å². The number of carbonyl (C=O) groups is 1. The van der Waals surface area contributed by atoms with E-state index in [0.717, 1.165) is 17.7 Å². The van der Waals surface area contributed by atoms with E-state index in [2.05, 4.69) is 10.6 Å². The lowest BCUT2D eigenvalue weighted by Gasteiger charge is -2.21. The molecule has 0 heterocycles. The first-order valence-electron chi connectivity index (χ1n) is 7.55. The van der Waals surface area contributed by atoms with Gasteiger partial charge < -0.3 is 20.5 Å². The van der Waals surface area contributed by atoms with Crippen molar-refractivity contribution in [3.8, 4) is 11.5 Å². The Bertz CT molecular complexity index is 686. The molecule has 0 aliphatic rings. The highest BCUT2D eigenvalue weighted by molar-refractivity contribution is 5.89. The lowest BCUT2D eigenvalue weighted by molar-refractivity contribution is -0.114. The molecule has 122 valence electrons. The Morgan fingerprint density at radius 3 is 2.61 bits per heavy atom. The highest BCUT2D eigenvalue weighted by Gasteiger charge is 2.15. The van der Waals surface area contributed by atoms with E-state index in [1.807, 2.05) is 31.2 Å². The van der Waals surface area contributed by atoms with Gasteiger partial charge in [-0.25, -0.2) is 0 Å². The van der Waals surface area contributed by atoms with Gasteiger partial charge in [0.05, 0.1) is 18.8 Å². The quantitative estimate of drug-likeness (QED) is 0.755. The van der Waals surface area contributed by atoms with Crippen LogP contribution in [0.25, 0.3) is 0 Å². The number of nitrogens with one attached hydrogen (secondary N) is 2. The van der Waals surface area contributed by atoms with Gasteiger partial charge in [0.2, 0.25) is 5.91 Å². The summed E-state index contributed by atoms with van der Waals surface area (Å²) >= 11 is 0. The van der Waals surface area contributed by atoms with Crippen LogP contribution in [0.4, 0.5) is 11.4 Å². The van der Waals surface area contributed by atoms with Crippen molar-refractivity contribution in [2.24, 2.45) is 0 Å². The van der Waals surface area contributed by atoms with Crippen LogP contribution in [0.3, 0.4) is 0 Å². The van der Waals surface area contributed by atoms with Gasteiger partial charge in [-0.2, -0.15) is 0 Å². The fourth-order valence-corrected chi connectivity index (χ4v) is 2.46. The molecule has 5 heteroatoms. The summed E-state index contributed by atoms with van der Waals surface area (Å²) in [5.74, 6) is 0.763. The highest BCUT2D eigenvalue weighted by atomic mass is 16.5. The molecule has 1 amide bonds. The van der Waals surface area contributed by atoms with Gasteiger partial charge in [0.15, 0.2) is 0 Å². The predicted molar refractivity (Wildman–Crippen MR) is 92.1 cm³/mol. The van der Waals surface area contributed by atoms with Gasteiger partial charge in [0, 0.05) is 24.2 Å². The summed E-state index contributed by atoms with van der Waals surface area (Å²) in [7, 11) is 1.58. The molecule has 23 heavy (non-hydrogen) atoms. The van der Waals surface area contributed by atoms with E-state index in [1.54, 1.807) is 25.3 Å². The lowest BCUT2D eigenvalue weighted by atomic mass is 10.0. The van der Waals surface area contributed by atoms with E-state index < -0.39 is 0 Å². The lowest BCUT2D eigenvalue weighted by Crippen LogP contribution is -2.11. The van der Waals surface area contributed by atoms with E-state index >= 15 is 0 Å². The number of phenolic OH excluding ortho intramolecular Hbond substituents is 1. The summed E-state index contributed by atoms with van der Waals surface area (Å²) in [6, 6.07) is 12.7. The standard InChI is InChI=1S/C18H22N2O3/c1-4-15(14-7-5-6-8-17(14)22)20-16-10-9-13(19-12(2)21)11-18(16)23-3/h5-11,15,20,22H,4H2,1-3H3,(H,19,21)/t15-/m1/s1. The molecule has 0 saturated carbocycles. The van der Waals surface area contributed by atoms with Crippen molar-refractivity contribution in [3.05, 3.63) is 48.0 Å². The molecule has 1 atom stereocenters. The monoisotopic (exact) mass is 314 g/mol. The fraction of sp³-hybridized carbons (Fsp3) is 0.278. The second-order valence-corrected chi connectivity index (χ2v) is 5.26. The van der Waals surface area contributed by atoms with Gasteiger partial charge in [-0.3, -0.25) is 4.79 Å². The summed E-state index contributed by atoms with van der Waals surface area (Å²) in [5, 5.41) is 16.2. The van der Waals surface area contributed by atoms with Crippen molar-refractivity contribution in [2.45, 2.75) is 26.3 Å². The SMILES string of the molecule is CC[C@@H](Nc1ccc(NC(C)=O)cc1OC)c1ccccc1O. The van der Waals surface area contributed by atoms with Crippen molar-refractivity contribution < 1.29 is 14.6 Å². The van der Waals surface area contributed by atoms with E-state index in [1.165, 1.54) is 6.92 Å². The zero-order chi connectivity index (χ0) is 16.8. The molecule has 2 aromatic carbocycles. The number of hydrogen-bond donors (Lipinski definition) is 3. The maximum absolute atomic E-state index is 11.1. The highest BCUT2D eigenvalue weighted by Crippen LogP contribution is 2.34. The molecule has 0 bridgehead atoms. The van der Waals surface area contributed by atoms with Crippen LogP contribution in [-0.4, -0.2) is 18.1 Å². The Balaban J connectivity index is 2.27. The number of rotatable bonds is 6. The molecule has 0 aliphatic carbocycles. The summed E-state index contributed by atoms with van der Waals surface area (Å²) in [5.41, 5.74) is 2.32. The molecule has 2 aromatic rings. The molecule has 0 unspecified atom stereocenters. The van der Waals surface area contributed by atoms with Crippen LogP contribution in [-0.2, 0) is 4.79 Å². The molecule has 0 fully saturated rings. The average Bonchev–Trinajstić information content (AvgIpc) is 2.53. The number of amides is 1. The van der Waals surface area contributed by atoms with Crippen LogP contribution in [0.1, 0.15) is 31.9 Å². The molecule has 0 spiro atoms. The number of carbonyl (C=O) groups excluding carboxylic acids is 1. The summed E-state index contributed by atoms with van der Waals surface area (Å²) in [6.07, 6.45) is 0.800. The molecule has 2 rings (SSSR count). The molecule has 0 aromatic heterocycles. The number of ether oxygens (including phenoxy) is 1. The molecule has 0 radical (unpaired) electrons. The minimum Gasteiger partial charge on any atom is -0.508 e. The third-order valence-electron chi connectivity index (χ3n) is 3.57. The number of aromatic hydroxyl groups is 1. The summed E-state index contributed by atoms with van der Waals surface area (Å²) < 4.78 is 5.40. The van der Waals surface area contributed by atoms with Crippen molar-refractivity contribution in [3.63, 3.8) is 0 Å².